The summed E-state index contributed by atoms with van der Waals surface area (Å²) in [5, 5.41) is 3.13. The first-order valence-corrected chi connectivity index (χ1v) is 7.12. The molecule has 1 aliphatic rings. The van der Waals surface area contributed by atoms with E-state index in [1.165, 1.54) is 11.3 Å². The average molecular weight is 311 g/mol. The summed E-state index contributed by atoms with van der Waals surface area (Å²) in [5.74, 6) is -0.191. The van der Waals surface area contributed by atoms with Crippen molar-refractivity contribution < 1.29 is 4.79 Å². The van der Waals surface area contributed by atoms with Gasteiger partial charge in [0.25, 0.3) is 0 Å². The number of carbonyl (C=O) groups is 1. The predicted molar refractivity (Wildman–Crippen MR) is 79.9 cm³/mol. The van der Waals surface area contributed by atoms with Gasteiger partial charge in [-0.1, -0.05) is 53.5 Å². The molecule has 0 fully saturated rings. The highest BCUT2D eigenvalue weighted by Gasteiger charge is 2.24. The van der Waals surface area contributed by atoms with Crippen LogP contribution in [-0.2, 0) is 4.79 Å². The number of benzene rings is 1. The Morgan fingerprint density at radius 1 is 1.21 bits per heavy atom. The molecule has 1 amide bonds. The number of carbonyl (C=O) groups excluding carboxylic acids is 1. The lowest BCUT2D eigenvalue weighted by Crippen LogP contribution is -2.13. The lowest BCUT2D eigenvalue weighted by molar-refractivity contribution is -0.114. The van der Waals surface area contributed by atoms with Gasteiger partial charge in [-0.3, -0.25) is 9.79 Å². The molecule has 96 valence electrons. The minimum Gasteiger partial charge on any atom is -0.322 e. The highest BCUT2D eigenvalue weighted by molar-refractivity contribution is 7.19. The molecule has 1 aromatic heterocycles. The molecule has 1 aliphatic heterocycles. The summed E-state index contributed by atoms with van der Waals surface area (Å²) in [6.45, 7) is 0.0829. The second-order valence-corrected chi connectivity index (χ2v) is 5.97. The molecule has 0 spiro atoms. The maximum Gasteiger partial charge on any atom is 0.246 e. The van der Waals surface area contributed by atoms with Crippen LogP contribution in [0.4, 0.5) is 5.69 Å². The van der Waals surface area contributed by atoms with Gasteiger partial charge in [-0.05, 0) is 0 Å². The van der Waals surface area contributed by atoms with Gasteiger partial charge >= 0.3 is 0 Å². The van der Waals surface area contributed by atoms with E-state index >= 15 is 0 Å². The van der Waals surface area contributed by atoms with E-state index in [1.54, 1.807) is 0 Å². The lowest BCUT2D eigenvalue weighted by atomic mass is 10.1. The first-order valence-electron chi connectivity index (χ1n) is 5.54. The summed E-state index contributed by atoms with van der Waals surface area (Å²) >= 11 is 13.5. The van der Waals surface area contributed by atoms with Crippen molar-refractivity contribution in [1.29, 1.82) is 0 Å². The van der Waals surface area contributed by atoms with Gasteiger partial charge in [0.05, 0.1) is 21.3 Å². The number of rotatable bonds is 1. The van der Waals surface area contributed by atoms with Gasteiger partial charge in [-0.15, -0.1) is 11.3 Å². The number of halogens is 2. The van der Waals surface area contributed by atoms with E-state index in [1.807, 2.05) is 30.3 Å². The van der Waals surface area contributed by atoms with Crippen molar-refractivity contribution in [2.24, 2.45) is 4.99 Å². The smallest absolute Gasteiger partial charge is 0.246 e. The van der Waals surface area contributed by atoms with Crippen LogP contribution in [-0.4, -0.2) is 18.2 Å². The molecular formula is C13H8Cl2N2OS. The number of hydrogen-bond acceptors (Lipinski definition) is 3. The van der Waals surface area contributed by atoms with Crippen LogP contribution in [0.15, 0.2) is 35.3 Å². The molecule has 1 N–H and O–H groups in total. The zero-order valence-electron chi connectivity index (χ0n) is 9.61. The van der Waals surface area contributed by atoms with Gasteiger partial charge in [0.1, 0.15) is 10.9 Å². The molecule has 0 radical (unpaired) electrons. The van der Waals surface area contributed by atoms with Crippen LogP contribution in [0.25, 0.3) is 0 Å². The number of thiophene rings is 1. The highest BCUT2D eigenvalue weighted by atomic mass is 35.5. The topological polar surface area (TPSA) is 41.5 Å². The first-order chi connectivity index (χ1) is 9.16. The molecule has 0 saturated heterocycles. The Hall–Kier alpha value is -1.36. The Balaban J connectivity index is 2.21. The van der Waals surface area contributed by atoms with Gasteiger partial charge in [0, 0.05) is 5.56 Å². The van der Waals surface area contributed by atoms with Crippen molar-refractivity contribution in [1.82, 2.24) is 0 Å². The number of nitrogens with zero attached hydrogens (tertiary/aromatic N) is 1. The van der Waals surface area contributed by atoms with Crippen molar-refractivity contribution in [2.75, 3.05) is 11.9 Å². The number of aliphatic imine (C=N–C) groups is 1. The number of amides is 1. The van der Waals surface area contributed by atoms with Crippen LogP contribution in [0.5, 0.6) is 0 Å². The lowest BCUT2D eigenvalue weighted by Gasteiger charge is -2.04. The molecule has 0 aliphatic carbocycles. The highest BCUT2D eigenvalue weighted by Crippen LogP contribution is 2.42. The normalized spacial score (nSPS) is 14.4. The standard InChI is InChI=1S/C13H8Cl2N2OS/c14-9-11-12(19-13(9)15)10(16-6-8(18)17-11)7-4-2-1-3-5-7/h1-5H,6H2,(H,17,18). The maximum atomic E-state index is 11.7. The van der Waals surface area contributed by atoms with Gasteiger partial charge < -0.3 is 5.32 Å². The van der Waals surface area contributed by atoms with Crippen molar-refractivity contribution >= 4 is 51.8 Å². The van der Waals surface area contributed by atoms with Crippen LogP contribution in [0.3, 0.4) is 0 Å². The third kappa shape index (κ3) is 2.27. The zero-order chi connectivity index (χ0) is 13.4. The summed E-state index contributed by atoms with van der Waals surface area (Å²) < 4.78 is 0.456. The number of fused-ring (bicyclic) bond motifs is 1. The van der Waals surface area contributed by atoms with Crippen molar-refractivity contribution in [3.05, 3.63) is 50.1 Å². The maximum absolute atomic E-state index is 11.7. The van der Waals surface area contributed by atoms with E-state index in [9.17, 15) is 4.79 Å². The Morgan fingerprint density at radius 2 is 1.95 bits per heavy atom. The van der Waals surface area contributed by atoms with E-state index in [2.05, 4.69) is 10.3 Å². The molecular weight excluding hydrogens is 303 g/mol. The average Bonchev–Trinajstić information content (AvgIpc) is 2.61. The Labute approximate surface area is 123 Å². The number of anilines is 1. The largest absolute Gasteiger partial charge is 0.322 e. The Morgan fingerprint density at radius 3 is 2.68 bits per heavy atom. The van der Waals surface area contributed by atoms with Crippen LogP contribution in [0, 0.1) is 0 Å². The molecule has 0 bridgehead atoms. The Kier molecular flexibility index (Phi) is 3.31. The summed E-state index contributed by atoms with van der Waals surface area (Å²) in [6, 6.07) is 9.67. The van der Waals surface area contributed by atoms with Crippen molar-refractivity contribution in [2.45, 2.75) is 0 Å². The van der Waals surface area contributed by atoms with Gasteiger partial charge in [0.15, 0.2) is 0 Å². The molecule has 3 rings (SSSR count). The first kappa shape index (κ1) is 12.7. The minimum atomic E-state index is -0.191. The molecule has 3 nitrogen and oxygen atoms in total. The third-order valence-electron chi connectivity index (χ3n) is 2.72. The van der Waals surface area contributed by atoms with Crippen molar-refractivity contribution in [3.63, 3.8) is 0 Å². The summed E-state index contributed by atoms with van der Waals surface area (Å²) in [6.07, 6.45) is 0. The zero-order valence-corrected chi connectivity index (χ0v) is 11.9. The molecule has 2 aromatic rings. The molecule has 2 heterocycles. The van der Waals surface area contributed by atoms with E-state index in [0.29, 0.717) is 15.0 Å². The van der Waals surface area contributed by atoms with Gasteiger partial charge in [-0.25, -0.2) is 0 Å². The number of nitrogens with one attached hydrogen (secondary N) is 1. The number of hydrogen-bond donors (Lipinski definition) is 1. The van der Waals surface area contributed by atoms with Crippen molar-refractivity contribution in [3.8, 4) is 0 Å². The molecule has 0 unspecified atom stereocenters. The van der Waals surface area contributed by atoms with E-state index < -0.39 is 0 Å². The van der Waals surface area contributed by atoms with Gasteiger partial charge in [0.2, 0.25) is 5.91 Å². The van der Waals surface area contributed by atoms with E-state index in [0.717, 1.165) is 16.2 Å². The fourth-order valence-corrected chi connectivity index (χ4v) is 3.43. The van der Waals surface area contributed by atoms with Crippen LogP contribution >= 0.6 is 34.5 Å². The fraction of sp³-hybridized carbons (Fsp3) is 0.0769. The van der Waals surface area contributed by atoms with Crippen LogP contribution in [0.2, 0.25) is 9.36 Å². The fourth-order valence-electron chi connectivity index (χ4n) is 1.88. The molecule has 19 heavy (non-hydrogen) atoms. The second-order valence-electron chi connectivity index (χ2n) is 3.97. The summed E-state index contributed by atoms with van der Waals surface area (Å²) in [7, 11) is 0. The van der Waals surface area contributed by atoms with Crippen LogP contribution in [0.1, 0.15) is 10.4 Å². The summed E-state index contributed by atoms with van der Waals surface area (Å²) in [4.78, 5) is 16.8. The summed E-state index contributed by atoms with van der Waals surface area (Å²) in [5.41, 5.74) is 2.24. The quantitative estimate of drug-likeness (QED) is 0.854. The van der Waals surface area contributed by atoms with E-state index in [-0.39, 0.29) is 12.5 Å². The Bertz CT molecular complexity index is 679. The van der Waals surface area contributed by atoms with Gasteiger partial charge in [-0.2, -0.15) is 0 Å². The minimum absolute atomic E-state index is 0.0829. The third-order valence-corrected chi connectivity index (χ3v) is 4.71. The van der Waals surface area contributed by atoms with Crippen LogP contribution < -0.4 is 5.32 Å². The predicted octanol–water partition coefficient (Wildman–Crippen LogP) is 3.84. The van der Waals surface area contributed by atoms with E-state index in [4.69, 9.17) is 23.2 Å². The molecule has 0 saturated carbocycles. The molecule has 0 atom stereocenters. The SMILES string of the molecule is O=C1CN=C(c2ccccc2)c2sc(Cl)c(Cl)c2N1. The second kappa shape index (κ2) is 4.96. The molecule has 1 aromatic carbocycles. The molecule has 6 heteroatoms. The monoisotopic (exact) mass is 310 g/mol.